The molecule has 3 rings (SSSR count). The van der Waals surface area contributed by atoms with E-state index in [2.05, 4.69) is 15.3 Å². The fourth-order valence-corrected chi connectivity index (χ4v) is 3.20. The lowest BCUT2D eigenvalue weighted by atomic mass is 10.2. The van der Waals surface area contributed by atoms with E-state index in [0.29, 0.717) is 23.1 Å². The van der Waals surface area contributed by atoms with Crippen LogP contribution in [0.5, 0.6) is 5.75 Å². The predicted octanol–water partition coefficient (Wildman–Crippen LogP) is 3.91. The number of hydrogen-bond acceptors (Lipinski definition) is 6. The molecule has 0 aliphatic rings. The van der Waals surface area contributed by atoms with Crippen LogP contribution < -0.4 is 10.1 Å². The van der Waals surface area contributed by atoms with Gasteiger partial charge in [0.2, 0.25) is 0 Å². The molecule has 0 aliphatic heterocycles. The maximum absolute atomic E-state index is 11.7. The summed E-state index contributed by atoms with van der Waals surface area (Å²) in [4.78, 5) is 9.35. The van der Waals surface area contributed by atoms with Crippen LogP contribution in [0, 0.1) is 6.92 Å². The Hall–Kier alpha value is -2.25. The predicted molar refractivity (Wildman–Crippen MR) is 97.5 cm³/mol. The maximum Gasteiger partial charge on any atom is 0.188 e. The van der Waals surface area contributed by atoms with Gasteiger partial charge in [0.15, 0.2) is 16.7 Å². The summed E-state index contributed by atoms with van der Waals surface area (Å²) in [5.74, 6) is 1.12. The van der Waals surface area contributed by atoms with Crippen molar-refractivity contribution in [3.05, 3.63) is 59.2 Å². The number of pyridine rings is 1. The number of rotatable bonds is 6. The Labute approximate surface area is 147 Å². The fraction of sp³-hybridized carbons (Fsp3) is 0.176. The first kappa shape index (κ1) is 16.6. The molecule has 1 aromatic carbocycles. The normalized spacial score (nSPS) is 11.9. The maximum atomic E-state index is 11.7. The first-order valence-electron chi connectivity index (χ1n) is 7.31. The van der Waals surface area contributed by atoms with Crippen LogP contribution in [0.4, 0.5) is 10.9 Å². The van der Waals surface area contributed by atoms with E-state index in [1.165, 1.54) is 11.3 Å². The molecule has 1 N–H and O–H groups in total. The van der Waals surface area contributed by atoms with E-state index >= 15 is 0 Å². The van der Waals surface area contributed by atoms with Crippen LogP contribution in [0.3, 0.4) is 0 Å². The highest BCUT2D eigenvalue weighted by atomic mass is 32.2. The van der Waals surface area contributed by atoms with Crippen LogP contribution in [0.2, 0.25) is 0 Å². The molecule has 3 aromatic rings. The van der Waals surface area contributed by atoms with Crippen LogP contribution in [0.15, 0.2) is 52.9 Å². The Balaban J connectivity index is 1.85. The molecule has 0 amide bonds. The smallest absolute Gasteiger partial charge is 0.188 e. The third kappa shape index (κ3) is 4.18. The van der Waals surface area contributed by atoms with Crippen molar-refractivity contribution in [2.24, 2.45) is 0 Å². The van der Waals surface area contributed by atoms with Gasteiger partial charge in [-0.1, -0.05) is 30.3 Å². The second-order valence-corrected chi connectivity index (χ2v) is 7.40. The van der Waals surface area contributed by atoms with Gasteiger partial charge in [0.25, 0.3) is 0 Å². The van der Waals surface area contributed by atoms with Crippen molar-refractivity contribution in [2.75, 3.05) is 11.6 Å². The topological polar surface area (TPSA) is 64.1 Å². The van der Waals surface area contributed by atoms with Gasteiger partial charge in [-0.25, -0.2) is 9.97 Å². The summed E-state index contributed by atoms with van der Waals surface area (Å²) in [7, 11) is -1.12. The zero-order chi connectivity index (χ0) is 16.9. The lowest BCUT2D eigenvalue weighted by Crippen LogP contribution is -2.02. The summed E-state index contributed by atoms with van der Waals surface area (Å²) in [6, 6.07) is 11.6. The average Bonchev–Trinajstić information content (AvgIpc) is 2.99. The van der Waals surface area contributed by atoms with Crippen LogP contribution in [0.1, 0.15) is 11.3 Å². The van der Waals surface area contributed by atoms with Gasteiger partial charge in [0.1, 0.15) is 6.61 Å². The number of nitrogens with one attached hydrogen (secondary N) is 1. The highest BCUT2D eigenvalue weighted by Gasteiger charge is 2.11. The summed E-state index contributed by atoms with van der Waals surface area (Å²) < 4.78 is 17.6. The van der Waals surface area contributed by atoms with Crippen LogP contribution in [-0.4, -0.2) is 20.4 Å². The van der Waals surface area contributed by atoms with Crippen LogP contribution in [0.25, 0.3) is 0 Å². The Morgan fingerprint density at radius 2 is 2.08 bits per heavy atom. The van der Waals surface area contributed by atoms with Crippen LogP contribution in [-0.2, 0) is 17.4 Å². The molecule has 0 radical (unpaired) electrons. The lowest BCUT2D eigenvalue weighted by Gasteiger charge is -2.12. The summed E-state index contributed by atoms with van der Waals surface area (Å²) in [5.41, 5.74) is 2.00. The molecule has 0 saturated heterocycles. The molecule has 1 atom stereocenters. The third-order valence-electron chi connectivity index (χ3n) is 3.24. The quantitative estimate of drug-likeness (QED) is 0.723. The molecule has 0 aliphatic carbocycles. The zero-order valence-electron chi connectivity index (χ0n) is 13.4. The summed E-state index contributed by atoms with van der Waals surface area (Å²) >= 11 is 1.50. The minimum Gasteiger partial charge on any atom is -0.485 e. The first-order valence-corrected chi connectivity index (χ1v) is 9.75. The Kier molecular flexibility index (Phi) is 5.22. The zero-order valence-corrected chi connectivity index (χ0v) is 15.0. The molecule has 5 nitrogen and oxygen atoms in total. The first-order chi connectivity index (χ1) is 11.6. The van der Waals surface area contributed by atoms with Crippen molar-refractivity contribution >= 4 is 33.1 Å². The third-order valence-corrected chi connectivity index (χ3v) is 5.00. The number of aryl methyl sites for hydroxylation is 1. The van der Waals surface area contributed by atoms with Gasteiger partial charge in [-0.15, -0.1) is 11.3 Å². The molecule has 124 valence electrons. The number of aromatic nitrogens is 2. The summed E-state index contributed by atoms with van der Waals surface area (Å²) in [5, 5.41) is 5.87. The van der Waals surface area contributed by atoms with E-state index in [-0.39, 0.29) is 0 Å². The van der Waals surface area contributed by atoms with Gasteiger partial charge in [-0.3, -0.25) is 4.21 Å². The standard InChI is InChI=1S/C17H17N3O2S2/c1-12-11-23-17(19-12)20-16-15(8-14(9-18-16)24(2)21)22-10-13-6-4-3-5-7-13/h3-9,11H,10H2,1-2H3,(H,18,19,20). The molecule has 0 bridgehead atoms. The molecule has 0 saturated carbocycles. The molecule has 7 heteroatoms. The highest BCUT2D eigenvalue weighted by Crippen LogP contribution is 2.29. The number of ether oxygens (including phenoxy) is 1. The summed E-state index contributed by atoms with van der Waals surface area (Å²) in [6.07, 6.45) is 3.21. The van der Waals surface area contributed by atoms with E-state index < -0.39 is 10.8 Å². The van der Waals surface area contributed by atoms with Gasteiger partial charge in [0, 0.05) is 23.9 Å². The minimum absolute atomic E-state index is 0.411. The molecule has 0 fully saturated rings. The highest BCUT2D eigenvalue weighted by molar-refractivity contribution is 7.84. The Morgan fingerprint density at radius 3 is 2.75 bits per heavy atom. The van der Waals surface area contributed by atoms with Crippen molar-refractivity contribution in [3.8, 4) is 5.75 Å². The Bertz CT molecular complexity index is 850. The van der Waals surface area contributed by atoms with Crippen LogP contribution >= 0.6 is 11.3 Å². The van der Waals surface area contributed by atoms with Gasteiger partial charge in [-0.2, -0.15) is 0 Å². The van der Waals surface area contributed by atoms with E-state index in [4.69, 9.17) is 4.74 Å². The van der Waals surface area contributed by atoms with Crippen molar-refractivity contribution < 1.29 is 8.95 Å². The van der Waals surface area contributed by atoms with Crippen molar-refractivity contribution in [2.45, 2.75) is 18.4 Å². The molecule has 0 spiro atoms. The molecule has 2 aromatic heterocycles. The van der Waals surface area contributed by atoms with E-state index in [1.54, 1.807) is 18.5 Å². The number of anilines is 2. The number of hydrogen-bond donors (Lipinski definition) is 1. The van der Waals surface area contributed by atoms with Gasteiger partial charge >= 0.3 is 0 Å². The SMILES string of the molecule is Cc1csc(Nc2ncc(S(C)=O)cc2OCc2ccccc2)n1. The van der Waals surface area contributed by atoms with Crippen molar-refractivity contribution in [3.63, 3.8) is 0 Å². The molecule has 1 unspecified atom stereocenters. The second-order valence-electron chi connectivity index (χ2n) is 5.17. The molecule has 2 heterocycles. The molecular weight excluding hydrogens is 342 g/mol. The van der Waals surface area contributed by atoms with E-state index in [1.807, 2.05) is 42.6 Å². The van der Waals surface area contributed by atoms with Crippen molar-refractivity contribution in [1.29, 1.82) is 0 Å². The number of benzene rings is 1. The lowest BCUT2D eigenvalue weighted by molar-refractivity contribution is 0.306. The van der Waals surface area contributed by atoms with E-state index in [9.17, 15) is 4.21 Å². The van der Waals surface area contributed by atoms with Crippen molar-refractivity contribution in [1.82, 2.24) is 9.97 Å². The minimum atomic E-state index is -1.12. The monoisotopic (exact) mass is 359 g/mol. The largest absolute Gasteiger partial charge is 0.485 e. The number of thiazole rings is 1. The second kappa shape index (κ2) is 7.55. The fourth-order valence-electron chi connectivity index (χ4n) is 2.04. The Morgan fingerprint density at radius 1 is 1.29 bits per heavy atom. The van der Waals surface area contributed by atoms with Gasteiger partial charge < -0.3 is 10.1 Å². The molecular formula is C17H17N3O2S2. The number of nitrogens with zero attached hydrogens (tertiary/aromatic N) is 2. The van der Waals surface area contributed by atoms with Gasteiger partial charge in [-0.05, 0) is 12.5 Å². The van der Waals surface area contributed by atoms with Gasteiger partial charge in [0.05, 0.1) is 21.4 Å². The average molecular weight is 359 g/mol. The molecule has 24 heavy (non-hydrogen) atoms. The summed E-state index contributed by atoms with van der Waals surface area (Å²) in [6.45, 7) is 2.35. The van der Waals surface area contributed by atoms with E-state index in [0.717, 1.165) is 16.4 Å².